The molecule has 1 unspecified atom stereocenters. The summed E-state index contributed by atoms with van der Waals surface area (Å²) < 4.78 is 5.34. The molecule has 19 heavy (non-hydrogen) atoms. The Kier molecular flexibility index (Phi) is 4.37. The lowest BCUT2D eigenvalue weighted by atomic mass is 10.1. The molecule has 1 aliphatic rings. The molecule has 1 aromatic carbocycles. The Morgan fingerprint density at radius 3 is 2.58 bits per heavy atom. The monoisotopic (exact) mass is 278 g/mol. The normalized spacial score (nSPS) is 15.6. The highest BCUT2D eigenvalue weighted by Crippen LogP contribution is 2.32. The average molecular weight is 278 g/mol. The third kappa shape index (κ3) is 3.67. The van der Waals surface area contributed by atoms with Gasteiger partial charge >= 0.3 is 0 Å². The van der Waals surface area contributed by atoms with E-state index < -0.39 is 0 Å². The predicted octanol–water partition coefficient (Wildman–Crippen LogP) is 1.88. The van der Waals surface area contributed by atoms with Crippen molar-refractivity contribution in [2.75, 3.05) is 6.61 Å². The predicted molar refractivity (Wildman–Crippen MR) is 78.4 cm³/mol. The molecule has 0 radical (unpaired) electrons. The fraction of sp³-hybridized carbons (Fsp3) is 0.429. The number of rotatable bonds is 6. The lowest BCUT2D eigenvalue weighted by Crippen LogP contribution is -2.45. The summed E-state index contributed by atoms with van der Waals surface area (Å²) in [6.45, 7) is 2.53. The number of hydrogen-bond acceptors (Lipinski definition) is 3. The minimum absolute atomic E-state index is 0.146. The van der Waals surface area contributed by atoms with Crippen LogP contribution in [0.5, 0.6) is 5.75 Å². The van der Waals surface area contributed by atoms with E-state index >= 15 is 0 Å². The van der Waals surface area contributed by atoms with Crippen LogP contribution in [0.4, 0.5) is 0 Å². The highest BCUT2D eigenvalue weighted by molar-refractivity contribution is 7.80. The van der Waals surface area contributed by atoms with Crippen LogP contribution in [0.3, 0.4) is 0 Å². The number of nitrogens with one attached hydrogen (secondary N) is 1. The van der Waals surface area contributed by atoms with Crippen molar-refractivity contribution in [2.24, 2.45) is 11.7 Å². The van der Waals surface area contributed by atoms with E-state index in [2.05, 4.69) is 5.32 Å². The SMILES string of the molecule is CCOc1ccc(C(=O)NC(C(N)=S)C2CC2)cc1. The number of thiocarbonyl (C=S) groups is 1. The van der Waals surface area contributed by atoms with Gasteiger partial charge in [0.25, 0.3) is 5.91 Å². The van der Waals surface area contributed by atoms with E-state index in [0.717, 1.165) is 18.6 Å². The largest absolute Gasteiger partial charge is 0.494 e. The van der Waals surface area contributed by atoms with Crippen LogP contribution in [0.2, 0.25) is 0 Å². The van der Waals surface area contributed by atoms with E-state index in [-0.39, 0.29) is 11.9 Å². The molecule has 4 nitrogen and oxygen atoms in total. The summed E-state index contributed by atoms with van der Waals surface area (Å²) in [5, 5.41) is 2.90. The van der Waals surface area contributed by atoms with Crippen LogP contribution in [0, 0.1) is 5.92 Å². The first-order chi connectivity index (χ1) is 9.11. The third-order valence-corrected chi connectivity index (χ3v) is 3.37. The number of nitrogens with two attached hydrogens (primary N) is 1. The minimum Gasteiger partial charge on any atom is -0.494 e. The summed E-state index contributed by atoms with van der Waals surface area (Å²) in [4.78, 5) is 12.5. The van der Waals surface area contributed by atoms with Crippen LogP contribution in [-0.4, -0.2) is 23.5 Å². The summed E-state index contributed by atoms with van der Waals surface area (Å²) in [6, 6.07) is 6.86. The fourth-order valence-electron chi connectivity index (χ4n) is 1.94. The lowest BCUT2D eigenvalue weighted by Gasteiger charge is -2.16. The van der Waals surface area contributed by atoms with E-state index in [4.69, 9.17) is 22.7 Å². The van der Waals surface area contributed by atoms with E-state index in [1.807, 2.05) is 6.92 Å². The van der Waals surface area contributed by atoms with Crippen molar-refractivity contribution in [1.82, 2.24) is 5.32 Å². The van der Waals surface area contributed by atoms with Gasteiger partial charge in [-0.1, -0.05) is 12.2 Å². The summed E-state index contributed by atoms with van der Waals surface area (Å²) in [7, 11) is 0. The first-order valence-corrected chi connectivity index (χ1v) is 6.85. The molecule has 102 valence electrons. The number of ether oxygens (including phenoxy) is 1. The first kappa shape index (κ1) is 13.8. The van der Waals surface area contributed by atoms with Gasteiger partial charge in [-0.25, -0.2) is 0 Å². The van der Waals surface area contributed by atoms with E-state index in [9.17, 15) is 4.79 Å². The van der Waals surface area contributed by atoms with Gasteiger partial charge < -0.3 is 15.8 Å². The molecule has 1 atom stereocenters. The van der Waals surface area contributed by atoms with Gasteiger partial charge in [0.1, 0.15) is 5.75 Å². The van der Waals surface area contributed by atoms with Gasteiger partial charge in [0.2, 0.25) is 0 Å². The summed E-state index contributed by atoms with van der Waals surface area (Å²) >= 11 is 5.00. The minimum atomic E-state index is -0.186. The summed E-state index contributed by atoms with van der Waals surface area (Å²) in [6.07, 6.45) is 2.15. The van der Waals surface area contributed by atoms with Crippen molar-refractivity contribution in [3.63, 3.8) is 0 Å². The van der Waals surface area contributed by atoms with Crippen molar-refractivity contribution >= 4 is 23.1 Å². The molecule has 0 aliphatic heterocycles. The Balaban J connectivity index is 2.00. The number of hydrogen-bond donors (Lipinski definition) is 2. The second kappa shape index (κ2) is 6.02. The zero-order valence-electron chi connectivity index (χ0n) is 10.9. The molecule has 2 rings (SSSR count). The van der Waals surface area contributed by atoms with Gasteiger partial charge in [-0.2, -0.15) is 0 Å². The molecule has 1 saturated carbocycles. The van der Waals surface area contributed by atoms with Crippen molar-refractivity contribution in [3.8, 4) is 5.75 Å². The van der Waals surface area contributed by atoms with Gasteiger partial charge in [0.15, 0.2) is 0 Å². The standard InChI is InChI=1S/C14H18N2O2S/c1-2-18-11-7-5-10(6-8-11)14(17)16-12(13(15)19)9-3-4-9/h5-9,12H,2-4H2,1H3,(H2,15,19)(H,16,17). The maximum Gasteiger partial charge on any atom is 0.251 e. The molecule has 1 amide bonds. The molecule has 0 aromatic heterocycles. The van der Waals surface area contributed by atoms with Crippen LogP contribution in [0.1, 0.15) is 30.1 Å². The van der Waals surface area contributed by atoms with Crippen LogP contribution in [-0.2, 0) is 0 Å². The van der Waals surface area contributed by atoms with Crippen LogP contribution < -0.4 is 15.8 Å². The summed E-state index contributed by atoms with van der Waals surface area (Å²) in [5.41, 5.74) is 6.25. The van der Waals surface area contributed by atoms with Crippen LogP contribution in [0.15, 0.2) is 24.3 Å². The van der Waals surface area contributed by atoms with E-state index in [1.165, 1.54) is 0 Å². The van der Waals surface area contributed by atoms with E-state index in [1.54, 1.807) is 24.3 Å². The molecule has 0 bridgehead atoms. The molecule has 5 heteroatoms. The maximum atomic E-state index is 12.1. The van der Waals surface area contributed by atoms with Crippen molar-refractivity contribution < 1.29 is 9.53 Å². The summed E-state index contributed by atoms with van der Waals surface area (Å²) in [5.74, 6) is 1.02. The quantitative estimate of drug-likeness (QED) is 0.780. The number of amides is 1. The first-order valence-electron chi connectivity index (χ1n) is 6.45. The van der Waals surface area contributed by atoms with Crippen molar-refractivity contribution in [1.29, 1.82) is 0 Å². The maximum absolute atomic E-state index is 12.1. The fourth-order valence-corrected chi connectivity index (χ4v) is 2.20. The van der Waals surface area contributed by atoms with Crippen LogP contribution in [0.25, 0.3) is 0 Å². The van der Waals surface area contributed by atoms with Gasteiger partial charge in [-0.3, -0.25) is 4.79 Å². The molecule has 0 spiro atoms. The Bertz CT molecular complexity index is 469. The van der Waals surface area contributed by atoms with Crippen molar-refractivity contribution in [2.45, 2.75) is 25.8 Å². The molecule has 1 aromatic rings. The Hall–Kier alpha value is -1.62. The lowest BCUT2D eigenvalue weighted by molar-refractivity contribution is 0.0944. The molecule has 3 N–H and O–H groups in total. The smallest absolute Gasteiger partial charge is 0.251 e. The molecule has 0 heterocycles. The molecule has 0 saturated heterocycles. The Morgan fingerprint density at radius 2 is 2.11 bits per heavy atom. The second-order valence-corrected chi connectivity index (χ2v) is 5.12. The zero-order chi connectivity index (χ0) is 13.8. The number of benzene rings is 1. The average Bonchev–Trinajstić information content (AvgIpc) is 3.21. The van der Waals surface area contributed by atoms with Gasteiger partial charge in [0, 0.05) is 5.56 Å². The molecule has 1 aliphatic carbocycles. The molecular formula is C14H18N2O2S. The molecular weight excluding hydrogens is 260 g/mol. The highest BCUT2D eigenvalue weighted by atomic mass is 32.1. The molecule has 1 fully saturated rings. The third-order valence-electron chi connectivity index (χ3n) is 3.11. The number of carbonyl (C=O) groups excluding carboxylic acids is 1. The Morgan fingerprint density at radius 1 is 1.47 bits per heavy atom. The Labute approximate surface area is 118 Å². The van der Waals surface area contributed by atoms with E-state index in [0.29, 0.717) is 23.1 Å². The van der Waals surface area contributed by atoms with Crippen molar-refractivity contribution in [3.05, 3.63) is 29.8 Å². The number of carbonyl (C=O) groups is 1. The van der Waals surface area contributed by atoms with Crippen LogP contribution >= 0.6 is 12.2 Å². The van der Waals surface area contributed by atoms with Gasteiger partial charge in [-0.15, -0.1) is 0 Å². The zero-order valence-corrected chi connectivity index (χ0v) is 11.7. The van der Waals surface area contributed by atoms with Gasteiger partial charge in [0.05, 0.1) is 17.6 Å². The highest BCUT2D eigenvalue weighted by Gasteiger charge is 2.34. The second-order valence-electron chi connectivity index (χ2n) is 4.65. The topological polar surface area (TPSA) is 64.3 Å². The van der Waals surface area contributed by atoms with Gasteiger partial charge in [-0.05, 0) is 49.9 Å².